The second-order valence-corrected chi connectivity index (χ2v) is 10.8. The predicted molar refractivity (Wildman–Crippen MR) is 100 cm³/mol. The lowest BCUT2D eigenvalue weighted by molar-refractivity contribution is -0.269. The van der Waals surface area contributed by atoms with Crippen molar-refractivity contribution in [2.75, 3.05) is 20.2 Å². The van der Waals surface area contributed by atoms with E-state index >= 15 is 0 Å². The van der Waals surface area contributed by atoms with Gasteiger partial charge in [0.25, 0.3) is 0 Å². The fourth-order valence-electron chi connectivity index (χ4n) is 9.64. The van der Waals surface area contributed by atoms with Crippen LogP contribution >= 0.6 is 0 Å². The van der Waals surface area contributed by atoms with Gasteiger partial charge in [0.1, 0.15) is 6.10 Å². The number of rotatable bonds is 2. The van der Waals surface area contributed by atoms with E-state index in [1.54, 1.807) is 7.11 Å². The zero-order valence-corrected chi connectivity index (χ0v) is 17.1. The summed E-state index contributed by atoms with van der Waals surface area (Å²) in [4.78, 5) is 15.6. The van der Waals surface area contributed by atoms with E-state index in [-0.39, 0.29) is 52.8 Å². The summed E-state index contributed by atoms with van der Waals surface area (Å²) in [5, 5.41) is 23.9. The van der Waals surface area contributed by atoms with Gasteiger partial charge in [-0.2, -0.15) is 0 Å². The largest absolute Gasteiger partial charge is 0.462 e. The number of likely N-dealkylation sites (tertiary alicyclic amines) is 1. The van der Waals surface area contributed by atoms with Crippen molar-refractivity contribution in [3.63, 3.8) is 0 Å². The number of carbonyl (C=O) groups is 1. The van der Waals surface area contributed by atoms with E-state index in [2.05, 4.69) is 18.7 Å². The number of hydrogen-bond donors (Lipinski definition) is 2. The highest BCUT2D eigenvalue weighted by molar-refractivity contribution is 5.77. The lowest BCUT2D eigenvalue weighted by Gasteiger charge is -2.69. The summed E-state index contributed by atoms with van der Waals surface area (Å²) in [5.41, 5.74) is -1.46. The number of aliphatic hydroxyl groups is 2. The molecule has 9 bridgehead atoms. The number of carbonyl (C=O) groups excluding carboxylic acids is 1. The molecule has 3 aliphatic heterocycles. The van der Waals surface area contributed by atoms with Gasteiger partial charge in [0.05, 0.1) is 23.7 Å². The Balaban J connectivity index is 1.66. The molecule has 28 heavy (non-hydrogen) atoms. The number of hydrogen-bond acceptors (Lipinski definition) is 6. The smallest absolute Gasteiger partial charge is 0.312 e. The highest BCUT2D eigenvalue weighted by Crippen LogP contribution is 2.77. The quantitative estimate of drug-likeness (QED) is 0.689. The van der Waals surface area contributed by atoms with Crippen molar-refractivity contribution in [2.45, 2.75) is 75.9 Å². The van der Waals surface area contributed by atoms with Crippen molar-refractivity contribution >= 4 is 5.97 Å². The molecule has 0 aromatic rings. The van der Waals surface area contributed by atoms with E-state index < -0.39 is 17.6 Å². The molecule has 6 heteroatoms. The van der Waals surface area contributed by atoms with Gasteiger partial charge in [-0.1, -0.05) is 13.8 Å². The third kappa shape index (κ3) is 1.68. The third-order valence-corrected chi connectivity index (χ3v) is 10.1. The highest BCUT2D eigenvalue weighted by Gasteiger charge is 2.84. The van der Waals surface area contributed by atoms with Crippen LogP contribution in [0.1, 0.15) is 46.0 Å². The molecule has 0 aromatic carbocycles. The van der Waals surface area contributed by atoms with Crippen molar-refractivity contribution < 1.29 is 24.5 Å². The molecule has 4 unspecified atom stereocenters. The minimum absolute atomic E-state index is 0.0123. The summed E-state index contributed by atoms with van der Waals surface area (Å²) in [7, 11) is 1.79. The average Bonchev–Trinajstić information content (AvgIpc) is 2.73. The molecule has 3 saturated heterocycles. The standard InChI is InChI=1S/C22H33NO5/c1-4-23-10-20(2)7-6-13(27-3)22-12-9-11-5-8-21(26,14(12)19(25)28-11)15(18(22)23)16(24)17(20)22/h11-18,24,26H,4-10H2,1-3H3/t11-,12?,13-,14?,15?,16+,17?,18+,20-,21+,22-/m0/s1. The number of esters is 1. The third-order valence-electron chi connectivity index (χ3n) is 10.1. The van der Waals surface area contributed by atoms with Crippen molar-refractivity contribution in [1.29, 1.82) is 0 Å². The molecule has 7 aliphatic rings. The number of fused-ring (bicyclic) bond motifs is 2. The van der Waals surface area contributed by atoms with Gasteiger partial charge in [-0.3, -0.25) is 9.69 Å². The maximum Gasteiger partial charge on any atom is 0.312 e. The lowest BCUT2D eigenvalue weighted by atomic mass is 9.42. The molecule has 0 amide bonds. The van der Waals surface area contributed by atoms with Crippen LogP contribution in [-0.4, -0.2) is 71.2 Å². The minimum atomic E-state index is -1.17. The van der Waals surface area contributed by atoms with Crippen LogP contribution in [0.4, 0.5) is 0 Å². The maximum absolute atomic E-state index is 13.1. The Hall–Kier alpha value is -0.690. The van der Waals surface area contributed by atoms with Gasteiger partial charge in [-0.05, 0) is 50.0 Å². The molecule has 2 N–H and O–H groups in total. The summed E-state index contributed by atoms with van der Waals surface area (Å²) in [6.45, 7) is 6.38. The van der Waals surface area contributed by atoms with Crippen LogP contribution in [0.5, 0.6) is 0 Å². The number of piperidine rings is 1. The molecular formula is C22H33NO5. The summed E-state index contributed by atoms with van der Waals surface area (Å²) in [6, 6.07) is 0.0757. The first-order chi connectivity index (χ1) is 13.3. The van der Waals surface area contributed by atoms with E-state index in [1.807, 2.05) is 0 Å². The Morgan fingerprint density at radius 1 is 1.32 bits per heavy atom. The predicted octanol–water partition coefficient (Wildman–Crippen LogP) is 1.19. The van der Waals surface area contributed by atoms with Gasteiger partial charge < -0.3 is 19.7 Å². The molecular weight excluding hydrogens is 358 g/mol. The molecule has 0 radical (unpaired) electrons. The van der Waals surface area contributed by atoms with Crippen LogP contribution in [-0.2, 0) is 14.3 Å². The number of ether oxygens (including phenoxy) is 2. The first kappa shape index (κ1) is 18.1. The molecule has 156 valence electrons. The van der Waals surface area contributed by atoms with Crippen LogP contribution in [0.15, 0.2) is 0 Å². The molecule has 4 aliphatic carbocycles. The second kappa shape index (κ2) is 5.32. The van der Waals surface area contributed by atoms with Gasteiger partial charge in [-0.15, -0.1) is 0 Å². The van der Waals surface area contributed by atoms with E-state index in [0.29, 0.717) is 12.8 Å². The van der Waals surface area contributed by atoms with E-state index in [4.69, 9.17) is 9.47 Å². The molecule has 6 nitrogen and oxygen atoms in total. The monoisotopic (exact) mass is 391 g/mol. The Kier molecular flexibility index (Phi) is 3.44. The van der Waals surface area contributed by atoms with Crippen molar-refractivity contribution in [2.24, 2.45) is 34.5 Å². The lowest BCUT2D eigenvalue weighted by Crippen LogP contribution is -2.76. The van der Waals surface area contributed by atoms with Gasteiger partial charge in [0.15, 0.2) is 0 Å². The van der Waals surface area contributed by atoms with Crippen molar-refractivity contribution in [3.05, 3.63) is 0 Å². The Morgan fingerprint density at radius 2 is 2.11 bits per heavy atom. The molecule has 3 heterocycles. The number of methoxy groups -OCH3 is 1. The molecule has 4 saturated carbocycles. The van der Waals surface area contributed by atoms with Crippen LogP contribution < -0.4 is 0 Å². The van der Waals surface area contributed by atoms with Crippen LogP contribution in [0.2, 0.25) is 0 Å². The Morgan fingerprint density at radius 3 is 2.82 bits per heavy atom. The first-order valence-electron chi connectivity index (χ1n) is 11.2. The summed E-state index contributed by atoms with van der Waals surface area (Å²) < 4.78 is 11.9. The number of nitrogens with zero attached hydrogens (tertiary/aromatic N) is 1. The summed E-state index contributed by atoms with van der Waals surface area (Å²) >= 11 is 0. The first-order valence-corrected chi connectivity index (χ1v) is 11.2. The minimum Gasteiger partial charge on any atom is -0.462 e. The van der Waals surface area contributed by atoms with E-state index in [1.165, 1.54) is 0 Å². The normalized spacial score (nSPS) is 61.8. The average molecular weight is 392 g/mol. The molecule has 7 fully saturated rings. The molecule has 1 spiro atoms. The topological polar surface area (TPSA) is 79.2 Å². The van der Waals surface area contributed by atoms with Crippen molar-refractivity contribution in [3.8, 4) is 0 Å². The van der Waals surface area contributed by atoms with Gasteiger partial charge in [-0.25, -0.2) is 0 Å². The maximum atomic E-state index is 13.1. The van der Waals surface area contributed by atoms with Crippen molar-refractivity contribution in [1.82, 2.24) is 4.90 Å². The number of aliphatic hydroxyl groups excluding tert-OH is 1. The summed E-state index contributed by atoms with van der Waals surface area (Å²) in [5.74, 6) is -0.969. The second-order valence-electron chi connectivity index (χ2n) is 10.8. The van der Waals surface area contributed by atoms with Crippen LogP contribution in [0.25, 0.3) is 0 Å². The Bertz CT molecular complexity index is 730. The van der Waals surface area contributed by atoms with E-state index in [9.17, 15) is 15.0 Å². The SMILES string of the molecule is CCN1C[C@]2(C)CC[C@H](OC)[C@@]34C5C[C@@H]6CC[C@@](O)(C5C(=O)O6)C([C@@H](O)C23)[C@@H]14. The highest BCUT2D eigenvalue weighted by atomic mass is 16.5. The molecule has 7 rings (SSSR count). The van der Waals surface area contributed by atoms with Gasteiger partial charge in [0, 0.05) is 36.9 Å². The zero-order valence-electron chi connectivity index (χ0n) is 17.1. The van der Waals surface area contributed by atoms with Gasteiger partial charge in [0.2, 0.25) is 0 Å². The van der Waals surface area contributed by atoms with Crippen LogP contribution in [0.3, 0.4) is 0 Å². The molecule has 0 aromatic heterocycles. The fourth-order valence-corrected chi connectivity index (χ4v) is 9.64. The van der Waals surface area contributed by atoms with Gasteiger partial charge >= 0.3 is 5.97 Å². The van der Waals surface area contributed by atoms with Crippen LogP contribution in [0, 0.1) is 34.5 Å². The summed E-state index contributed by atoms with van der Waals surface area (Å²) in [6.07, 6.45) is 3.38. The Labute approximate surface area is 166 Å². The van der Waals surface area contributed by atoms with E-state index in [0.717, 1.165) is 32.4 Å². The fraction of sp³-hybridized carbons (Fsp3) is 0.955. The molecule has 11 atom stereocenters. The zero-order chi connectivity index (χ0) is 19.6.